The Morgan fingerprint density at radius 1 is 1.03 bits per heavy atom. The molecule has 2 heterocycles. The molecule has 0 spiro atoms. The first kappa shape index (κ1) is 24.2. The van der Waals surface area contributed by atoms with Crippen molar-refractivity contribution in [1.82, 2.24) is 15.2 Å². The summed E-state index contributed by atoms with van der Waals surface area (Å²) in [5, 5.41) is 6.52. The van der Waals surface area contributed by atoms with Crippen molar-refractivity contribution >= 4 is 34.3 Å². The van der Waals surface area contributed by atoms with Crippen molar-refractivity contribution < 1.29 is 18.8 Å². The van der Waals surface area contributed by atoms with Gasteiger partial charge in [0.1, 0.15) is 5.82 Å². The van der Waals surface area contributed by atoms with Crippen LogP contribution >= 0.6 is 0 Å². The van der Waals surface area contributed by atoms with Gasteiger partial charge in [0.25, 0.3) is 5.91 Å². The Balaban J connectivity index is 1.19. The number of halogens is 1. The molecule has 1 saturated heterocycles. The fraction of sp³-hybridized carbons (Fsp3) is 0.207. The number of H-pyrrole nitrogens is 1. The number of amides is 3. The van der Waals surface area contributed by atoms with Crippen LogP contribution in [0.2, 0.25) is 0 Å². The van der Waals surface area contributed by atoms with Gasteiger partial charge in [-0.2, -0.15) is 0 Å². The van der Waals surface area contributed by atoms with Crippen LogP contribution in [-0.4, -0.2) is 40.7 Å². The summed E-state index contributed by atoms with van der Waals surface area (Å²) in [6.45, 7) is 1.10. The number of nitrogens with zero attached hydrogens (tertiary/aromatic N) is 1. The number of rotatable bonds is 8. The van der Waals surface area contributed by atoms with E-state index in [-0.39, 0.29) is 30.0 Å². The van der Waals surface area contributed by atoms with Gasteiger partial charge in [-0.1, -0.05) is 42.5 Å². The van der Waals surface area contributed by atoms with E-state index in [9.17, 15) is 18.8 Å². The molecule has 1 aliphatic heterocycles. The number of nitrogens with one attached hydrogen (secondary N) is 3. The number of likely N-dealkylation sites (tertiary alicyclic amines) is 1. The van der Waals surface area contributed by atoms with Gasteiger partial charge in [0.05, 0.1) is 17.2 Å². The van der Waals surface area contributed by atoms with Crippen LogP contribution in [0.5, 0.6) is 0 Å². The standard InChI is InChI=1S/C29H27FN4O3/c30-22-10-11-25-24(15-22)20(17-31-25)12-13-34-18-21(14-27(34)35)28(36)33-26-9-5-4-8-23(26)29(37)32-16-19-6-2-1-3-7-19/h1-11,15,17,21,31H,12-14,16,18H2,(H,32,37)(H,33,36). The van der Waals surface area contributed by atoms with Crippen molar-refractivity contribution in [3.8, 4) is 0 Å². The Hall–Kier alpha value is -4.46. The molecule has 0 aliphatic carbocycles. The number of carbonyl (C=O) groups is 3. The lowest BCUT2D eigenvalue weighted by Crippen LogP contribution is -2.30. The lowest BCUT2D eigenvalue weighted by atomic mass is 10.1. The fourth-order valence-electron chi connectivity index (χ4n) is 4.68. The summed E-state index contributed by atoms with van der Waals surface area (Å²) < 4.78 is 13.7. The summed E-state index contributed by atoms with van der Waals surface area (Å²) in [5.41, 5.74) is 3.50. The van der Waals surface area contributed by atoms with Crippen LogP contribution in [0, 0.1) is 11.7 Å². The van der Waals surface area contributed by atoms with E-state index in [1.54, 1.807) is 35.2 Å². The summed E-state index contributed by atoms with van der Waals surface area (Å²) in [6, 6.07) is 21.0. The van der Waals surface area contributed by atoms with Crippen LogP contribution in [0.1, 0.15) is 27.9 Å². The number of fused-ring (bicyclic) bond motifs is 1. The van der Waals surface area contributed by atoms with Gasteiger partial charge in [0.15, 0.2) is 0 Å². The number of hydrogen-bond donors (Lipinski definition) is 3. The van der Waals surface area contributed by atoms with E-state index in [2.05, 4.69) is 15.6 Å². The molecule has 0 saturated carbocycles. The average molecular weight is 499 g/mol. The molecule has 1 unspecified atom stereocenters. The topological polar surface area (TPSA) is 94.3 Å². The summed E-state index contributed by atoms with van der Waals surface area (Å²) in [4.78, 5) is 43.3. The SMILES string of the molecule is O=C(NCc1ccccc1)c1ccccc1NC(=O)C1CC(=O)N(CCc2c[nH]c3ccc(F)cc23)C1. The van der Waals surface area contributed by atoms with E-state index in [1.807, 2.05) is 36.5 Å². The maximum atomic E-state index is 13.7. The van der Waals surface area contributed by atoms with Crippen LogP contribution in [0.3, 0.4) is 0 Å². The van der Waals surface area contributed by atoms with E-state index in [4.69, 9.17) is 0 Å². The third-order valence-electron chi connectivity index (χ3n) is 6.69. The highest BCUT2D eigenvalue weighted by atomic mass is 19.1. The summed E-state index contributed by atoms with van der Waals surface area (Å²) in [5.74, 6) is -1.52. The summed E-state index contributed by atoms with van der Waals surface area (Å²) in [6.07, 6.45) is 2.49. The van der Waals surface area contributed by atoms with E-state index < -0.39 is 5.92 Å². The van der Waals surface area contributed by atoms with Crippen molar-refractivity contribution in [2.75, 3.05) is 18.4 Å². The van der Waals surface area contributed by atoms with E-state index in [1.165, 1.54) is 12.1 Å². The van der Waals surface area contributed by atoms with Gasteiger partial charge < -0.3 is 20.5 Å². The molecule has 8 heteroatoms. The molecule has 3 amide bonds. The number of aromatic nitrogens is 1. The zero-order valence-electron chi connectivity index (χ0n) is 20.2. The molecule has 188 valence electrons. The molecule has 4 aromatic rings. The molecular weight excluding hydrogens is 471 g/mol. The van der Waals surface area contributed by atoms with E-state index in [0.29, 0.717) is 37.3 Å². The molecule has 1 aromatic heterocycles. The van der Waals surface area contributed by atoms with Gasteiger partial charge >= 0.3 is 0 Å². The van der Waals surface area contributed by atoms with Crippen molar-refractivity contribution in [3.63, 3.8) is 0 Å². The van der Waals surface area contributed by atoms with Gasteiger partial charge in [-0.25, -0.2) is 4.39 Å². The Labute approximate surface area is 213 Å². The van der Waals surface area contributed by atoms with Crippen molar-refractivity contribution in [2.45, 2.75) is 19.4 Å². The maximum absolute atomic E-state index is 13.7. The van der Waals surface area contributed by atoms with Crippen LogP contribution in [0.4, 0.5) is 10.1 Å². The van der Waals surface area contributed by atoms with Gasteiger partial charge in [-0.05, 0) is 47.9 Å². The number of para-hydroxylation sites is 1. The molecule has 37 heavy (non-hydrogen) atoms. The first-order valence-electron chi connectivity index (χ1n) is 12.2. The highest BCUT2D eigenvalue weighted by Gasteiger charge is 2.34. The summed E-state index contributed by atoms with van der Waals surface area (Å²) >= 11 is 0. The molecule has 1 aliphatic rings. The number of benzene rings is 3. The van der Waals surface area contributed by atoms with E-state index in [0.717, 1.165) is 22.0 Å². The second-order valence-electron chi connectivity index (χ2n) is 9.20. The molecule has 3 aromatic carbocycles. The maximum Gasteiger partial charge on any atom is 0.253 e. The lowest BCUT2D eigenvalue weighted by Gasteiger charge is -2.17. The van der Waals surface area contributed by atoms with Gasteiger partial charge in [-0.15, -0.1) is 0 Å². The predicted octanol–water partition coefficient (Wildman–Crippen LogP) is 4.27. The third kappa shape index (κ3) is 5.53. The monoisotopic (exact) mass is 498 g/mol. The Morgan fingerprint density at radius 3 is 2.65 bits per heavy atom. The van der Waals surface area contributed by atoms with Crippen LogP contribution < -0.4 is 10.6 Å². The summed E-state index contributed by atoms with van der Waals surface area (Å²) in [7, 11) is 0. The number of carbonyl (C=O) groups excluding carboxylic acids is 3. The zero-order chi connectivity index (χ0) is 25.8. The van der Waals surface area contributed by atoms with Crippen LogP contribution in [0.15, 0.2) is 79.0 Å². The van der Waals surface area contributed by atoms with Crippen molar-refractivity contribution in [3.05, 3.63) is 102 Å². The minimum Gasteiger partial charge on any atom is -0.361 e. The van der Waals surface area contributed by atoms with Gasteiger partial charge in [0.2, 0.25) is 11.8 Å². The normalized spacial score (nSPS) is 15.2. The van der Waals surface area contributed by atoms with E-state index >= 15 is 0 Å². The largest absolute Gasteiger partial charge is 0.361 e. The van der Waals surface area contributed by atoms with Crippen LogP contribution in [-0.2, 0) is 22.6 Å². The first-order valence-corrected chi connectivity index (χ1v) is 12.2. The Morgan fingerprint density at radius 2 is 1.81 bits per heavy atom. The molecule has 0 bridgehead atoms. The molecule has 0 radical (unpaired) electrons. The van der Waals surface area contributed by atoms with Crippen molar-refractivity contribution in [2.24, 2.45) is 5.92 Å². The minimum absolute atomic E-state index is 0.0972. The number of hydrogen-bond acceptors (Lipinski definition) is 3. The highest BCUT2D eigenvalue weighted by Crippen LogP contribution is 2.24. The van der Waals surface area contributed by atoms with Crippen molar-refractivity contribution in [1.29, 1.82) is 0 Å². The Bertz CT molecular complexity index is 1450. The zero-order valence-corrected chi connectivity index (χ0v) is 20.2. The molecule has 1 fully saturated rings. The Kier molecular flexibility index (Phi) is 6.98. The smallest absolute Gasteiger partial charge is 0.253 e. The highest BCUT2D eigenvalue weighted by molar-refractivity contribution is 6.05. The second kappa shape index (κ2) is 10.7. The van der Waals surface area contributed by atoms with Crippen LogP contribution in [0.25, 0.3) is 10.9 Å². The predicted molar refractivity (Wildman–Crippen MR) is 139 cm³/mol. The fourth-order valence-corrected chi connectivity index (χ4v) is 4.68. The number of anilines is 1. The molecule has 1 atom stereocenters. The molecular formula is C29H27FN4O3. The molecule has 7 nitrogen and oxygen atoms in total. The van der Waals surface area contributed by atoms with Gasteiger partial charge in [0, 0.05) is 43.2 Å². The van der Waals surface area contributed by atoms with Gasteiger partial charge in [-0.3, -0.25) is 14.4 Å². The lowest BCUT2D eigenvalue weighted by molar-refractivity contribution is -0.128. The first-order chi connectivity index (χ1) is 18.0. The molecule has 3 N–H and O–H groups in total. The third-order valence-corrected chi connectivity index (χ3v) is 6.69. The molecule has 5 rings (SSSR count). The second-order valence-corrected chi connectivity index (χ2v) is 9.20. The number of aromatic amines is 1. The minimum atomic E-state index is -0.520. The average Bonchev–Trinajstić information content (AvgIpc) is 3.49. The quantitative estimate of drug-likeness (QED) is 0.339.